The number of carbonyl (C=O) groups excluding carboxylic acids is 2. The van der Waals surface area contributed by atoms with Gasteiger partial charge in [0.2, 0.25) is 5.91 Å². The molecule has 0 spiro atoms. The second-order valence-corrected chi connectivity index (χ2v) is 17.0. The zero-order chi connectivity index (χ0) is 43.8. The normalized spacial score (nSPS) is 13.9. The number of hydrogen-bond donors (Lipinski definition) is 3. The molecule has 0 aliphatic rings. The highest BCUT2D eigenvalue weighted by Gasteiger charge is 2.24. The first-order valence-electron chi connectivity index (χ1n) is 25.2. The number of aliphatic hydroxyl groups is 2. The lowest BCUT2D eigenvalue weighted by atomic mass is 10.0. The van der Waals surface area contributed by atoms with Crippen LogP contribution in [-0.2, 0) is 14.3 Å². The Balaban J connectivity index is 4.70. The number of allylic oxidation sites excluding steroid dienone is 12. The second-order valence-electron chi connectivity index (χ2n) is 17.0. The average Bonchev–Trinajstić information content (AvgIpc) is 3.24. The van der Waals surface area contributed by atoms with Crippen molar-refractivity contribution in [2.24, 2.45) is 0 Å². The molecule has 0 aliphatic carbocycles. The Morgan fingerprint density at radius 1 is 0.500 bits per heavy atom. The molecule has 0 radical (unpaired) electrons. The van der Waals surface area contributed by atoms with E-state index in [0.29, 0.717) is 19.3 Å². The lowest BCUT2D eigenvalue weighted by Gasteiger charge is -2.24. The van der Waals surface area contributed by atoms with E-state index >= 15 is 0 Å². The van der Waals surface area contributed by atoms with E-state index in [9.17, 15) is 19.8 Å². The molecule has 3 unspecified atom stereocenters. The van der Waals surface area contributed by atoms with Crippen LogP contribution in [0.4, 0.5) is 0 Å². The van der Waals surface area contributed by atoms with Crippen molar-refractivity contribution < 1.29 is 24.5 Å². The SMILES string of the molecule is CC/C=C/C=C/C=C\C=C/C=C/CCCCCC(=O)OC(CCCCCCC/C=C/CCCCCCCC)CC(=O)NC(CO)C(O)CCCCCCCCCCCCC. The number of rotatable bonds is 44. The molecule has 0 saturated heterocycles. The number of amides is 1. The monoisotopic (exact) mass is 838 g/mol. The highest BCUT2D eigenvalue weighted by Crippen LogP contribution is 2.17. The molecular formula is C54H95NO5. The molecule has 0 heterocycles. The van der Waals surface area contributed by atoms with Crippen molar-refractivity contribution in [2.45, 2.75) is 251 Å². The van der Waals surface area contributed by atoms with Gasteiger partial charge in [-0.1, -0.05) is 222 Å². The Hall–Kier alpha value is -2.70. The summed E-state index contributed by atoms with van der Waals surface area (Å²) in [7, 11) is 0. The summed E-state index contributed by atoms with van der Waals surface area (Å²) in [6, 6.07) is -0.715. The number of unbranched alkanes of at least 4 members (excludes halogenated alkanes) is 24. The molecule has 0 aromatic heterocycles. The third kappa shape index (κ3) is 42.0. The molecule has 0 fully saturated rings. The summed E-state index contributed by atoms with van der Waals surface area (Å²) >= 11 is 0. The minimum Gasteiger partial charge on any atom is -0.462 e. The Labute approximate surface area is 371 Å². The molecule has 1 amide bonds. The molecule has 0 aromatic rings. The highest BCUT2D eigenvalue weighted by molar-refractivity contribution is 5.77. The first-order chi connectivity index (χ1) is 29.5. The van der Waals surface area contributed by atoms with E-state index in [1.54, 1.807) is 0 Å². The van der Waals surface area contributed by atoms with E-state index in [1.165, 1.54) is 109 Å². The van der Waals surface area contributed by atoms with Crippen molar-refractivity contribution in [3.05, 3.63) is 72.9 Å². The zero-order valence-electron chi connectivity index (χ0n) is 39.3. The number of ether oxygens (including phenoxy) is 1. The first-order valence-corrected chi connectivity index (χ1v) is 25.2. The van der Waals surface area contributed by atoms with Crippen LogP contribution in [0.3, 0.4) is 0 Å². The summed E-state index contributed by atoms with van der Waals surface area (Å²) in [5, 5.41) is 23.7. The summed E-state index contributed by atoms with van der Waals surface area (Å²) < 4.78 is 5.91. The molecule has 6 nitrogen and oxygen atoms in total. The molecule has 3 N–H and O–H groups in total. The van der Waals surface area contributed by atoms with Gasteiger partial charge in [-0.15, -0.1) is 0 Å². The zero-order valence-corrected chi connectivity index (χ0v) is 39.3. The van der Waals surface area contributed by atoms with Gasteiger partial charge in [-0.2, -0.15) is 0 Å². The van der Waals surface area contributed by atoms with Gasteiger partial charge in [-0.3, -0.25) is 9.59 Å². The predicted octanol–water partition coefficient (Wildman–Crippen LogP) is 15.0. The van der Waals surface area contributed by atoms with Crippen molar-refractivity contribution in [1.82, 2.24) is 5.32 Å². The third-order valence-corrected chi connectivity index (χ3v) is 11.1. The number of nitrogens with one attached hydrogen (secondary N) is 1. The molecule has 6 heteroatoms. The van der Waals surface area contributed by atoms with Gasteiger partial charge >= 0.3 is 5.97 Å². The van der Waals surface area contributed by atoms with E-state index in [2.05, 4.69) is 56.5 Å². The van der Waals surface area contributed by atoms with Crippen LogP contribution in [-0.4, -0.2) is 46.9 Å². The van der Waals surface area contributed by atoms with Crippen molar-refractivity contribution >= 4 is 11.9 Å². The van der Waals surface area contributed by atoms with E-state index in [1.807, 2.05) is 42.5 Å². The van der Waals surface area contributed by atoms with E-state index in [-0.39, 0.29) is 24.9 Å². The van der Waals surface area contributed by atoms with Crippen molar-refractivity contribution in [1.29, 1.82) is 0 Å². The van der Waals surface area contributed by atoms with Crippen LogP contribution in [0.2, 0.25) is 0 Å². The summed E-state index contributed by atoms with van der Waals surface area (Å²) in [4.78, 5) is 26.1. The smallest absolute Gasteiger partial charge is 0.306 e. The standard InChI is InChI=1S/C54H95NO5/c1-4-7-10-13-16-19-22-24-26-28-31-33-36-39-42-45-50(60-54(59)47-44-41-38-35-32-29-27-25-23-20-17-14-11-8-5-2)48-53(58)55-51(49-56)52(57)46-43-40-37-34-30-21-18-15-12-9-6-3/h8,11,14,17,20,23-27,29,32,50-52,56-57H,4-7,9-10,12-13,15-16,18-19,21-22,28,30-31,33-49H2,1-3H3,(H,55,58)/b11-8+,17-14+,23-20-,26-24+,27-25-,32-29+. The molecular weight excluding hydrogens is 743 g/mol. The number of carbonyl (C=O) groups is 2. The minimum absolute atomic E-state index is 0.0521. The van der Waals surface area contributed by atoms with Crippen LogP contribution in [0.5, 0.6) is 0 Å². The molecule has 0 aliphatic heterocycles. The van der Waals surface area contributed by atoms with Crippen LogP contribution in [0.1, 0.15) is 233 Å². The average molecular weight is 838 g/mol. The number of hydrogen-bond acceptors (Lipinski definition) is 5. The fourth-order valence-corrected chi connectivity index (χ4v) is 7.33. The summed E-state index contributed by atoms with van der Waals surface area (Å²) in [5.41, 5.74) is 0. The summed E-state index contributed by atoms with van der Waals surface area (Å²) in [6.07, 6.45) is 59.5. The molecule has 0 saturated carbocycles. The Kier molecular flexibility index (Phi) is 45.2. The lowest BCUT2D eigenvalue weighted by molar-refractivity contribution is -0.151. The molecule has 346 valence electrons. The number of esters is 1. The third-order valence-electron chi connectivity index (χ3n) is 11.1. The maximum Gasteiger partial charge on any atom is 0.306 e. The van der Waals surface area contributed by atoms with Gasteiger partial charge in [-0.25, -0.2) is 0 Å². The predicted molar refractivity (Wildman–Crippen MR) is 259 cm³/mol. The molecule has 60 heavy (non-hydrogen) atoms. The Bertz CT molecular complexity index is 1120. The van der Waals surface area contributed by atoms with E-state index < -0.39 is 18.2 Å². The Morgan fingerprint density at radius 2 is 0.917 bits per heavy atom. The fourth-order valence-electron chi connectivity index (χ4n) is 7.33. The van der Waals surface area contributed by atoms with E-state index in [0.717, 1.165) is 77.0 Å². The highest BCUT2D eigenvalue weighted by atomic mass is 16.5. The molecule has 0 aromatic carbocycles. The Morgan fingerprint density at radius 3 is 1.42 bits per heavy atom. The van der Waals surface area contributed by atoms with Gasteiger partial charge in [0.15, 0.2) is 0 Å². The van der Waals surface area contributed by atoms with Crippen molar-refractivity contribution in [2.75, 3.05) is 6.61 Å². The van der Waals surface area contributed by atoms with Crippen molar-refractivity contribution in [3.63, 3.8) is 0 Å². The van der Waals surface area contributed by atoms with Gasteiger partial charge < -0.3 is 20.3 Å². The van der Waals surface area contributed by atoms with Crippen LogP contribution in [0, 0.1) is 0 Å². The molecule has 3 atom stereocenters. The molecule has 0 bridgehead atoms. The maximum absolute atomic E-state index is 13.2. The summed E-state index contributed by atoms with van der Waals surface area (Å²) in [6.45, 7) is 6.31. The first kappa shape index (κ1) is 57.3. The van der Waals surface area contributed by atoms with Gasteiger partial charge in [0, 0.05) is 6.42 Å². The largest absolute Gasteiger partial charge is 0.462 e. The van der Waals surface area contributed by atoms with Crippen LogP contribution >= 0.6 is 0 Å². The second kappa shape index (κ2) is 47.4. The topological polar surface area (TPSA) is 95.9 Å². The minimum atomic E-state index is -0.799. The van der Waals surface area contributed by atoms with Crippen LogP contribution in [0.15, 0.2) is 72.9 Å². The number of aliphatic hydroxyl groups excluding tert-OH is 2. The van der Waals surface area contributed by atoms with Crippen LogP contribution in [0.25, 0.3) is 0 Å². The maximum atomic E-state index is 13.2. The quantitative estimate of drug-likeness (QED) is 0.0246. The van der Waals surface area contributed by atoms with Gasteiger partial charge in [-0.05, 0) is 70.6 Å². The lowest BCUT2D eigenvalue weighted by Crippen LogP contribution is -2.46. The summed E-state index contributed by atoms with van der Waals surface area (Å²) in [5.74, 6) is -0.533. The van der Waals surface area contributed by atoms with Crippen molar-refractivity contribution in [3.8, 4) is 0 Å². The van der Waals surface area contributed by atoms with E-state index in [4.69, 9.17) is 4.74 Å². The fraction of sp³-hybridized carbons (Fsp3) is 0.741. The van der Waals surface area contributed by atoms with Crippen LogP contribution < -0.4 is 5.32 Å². The molecule has 0 rings (SSSR count). The van der Waals surface area contributed by atoms with Gasteiger partial charge in [0.1, 0.15) is 6.10 Å². The van der Waals surface area contributed by atoms with Gasteiger partial charge in [0.05, 0.1) is 25.2 Å². The van der Waals surface area contributed by atoms with Gasteiger partial charge in [0.25, 0.3) is 0 Å².